The molecule has 20 heavy (non-hydrogen) atoms. The molecular weight excluding hydrogens is 280 g/mol. The van der Waals surface area contributed by atoms with E-state index in [-0.39, 0.29) is 17.4 Å². The molecule has 1 fully saturated rings. The van der Waals surface area contributed by atoms with Gasteiger partial charge in [-0.2, -0.15) is 0 Å². The molecule has 1 aromatic rings. The summed E-state index contributed by atoms with van der Waals surface area (Å²) in [5, 5.41) is -1.10. The third-order valence-corrected chi connectivity index (χ3v) is 5.62. The largest absolute Gasteiger partial charge is 0.497 e. The second kappa shape index (κ2) is 5.83. The molecular formula is C14H18O5S. The zero-order valence-corrected chi connectivity index (χ0v) is 12.4. The van der Waals surface area contributed by atoms with E-state index in [2.05, 4.69) is 0 Å². The highest BCUT2D eigenvalue weighted by molar-refractivity contribution is 7.92. The Kier molecular flexibility index (Phi) is 4.32. The smallest absolute Gasteiger partial charge is 0.325 e. The first-order chi connectivity index (χ1) is 9.50. The zero-order chi connectivity index (χ0) is 14.8. The molecule has 0 aromatic heterocycles. The predicted octanol–water partition coefficient (Wildman–Crippen LogP) is 1.81. The van der Waals surface area contributed by atoms with Crippen LogP contribution in [0.25, 0.3) is 0 Å². The van der Waals surface area contributed by atoms with Crippen LogP contribution in [-0.2, 0) is 19.4 Å². The summed E-state index contributed by atoms with van der Waals surface area (Å²) >= 11 is 0. The Morgan fingerprint density at radius 3 is 2.80 bits per heavy atom. The van der Waals surface area contributed by atoms with Crippen LogP contribution in [0, 0.1) is 5.92 Å². The number of sulfone groups is 1. The Morgan fingerprint density at radius 1 is 1.40 bits per heavy atom. The highest BCUT2D eigenvalue weighted by atomic mass is 32.2. The summed E-state index contributed by atoms with van der Waals surface area (Å²) in [6.45, 7) is 2.14. The van der Waals surface area contributed by atoms with Gasteiger partial charge in [-0.05, 0) is 24.6 Å². The van der Waals surface area contributed by atoms with E-state index in [1.54, 1.807) is 12.1 Å². The summed E-state index contributed by atoms with van der Waals surface area (Å²) in [6.07, 6.45) is 1.46. The highest BCUT2D eigenvalue weighted by Crippen LogP contribution is 2.31. The standard InChI is InChI=1S/C14H18O5S/c1-3-5-10-9-19-14(15)13(10)20(16,17)12-7-4-6-11(8-12)18-2/h4,6-8,10,13H,3,5,9H2,1-2H3/t10-,13?/m0/s1. The van der Waals surface area contributed by atoms with E-state index >= 15 is 0 Å². The summed E-state index contributed by atoms with van der Waals surface area (Å²) in [6, 6.07) is 6.17. The number of esters is 1. The van der Waals surface area contributed by atoms with Crippen molar-refractivity contribution < 1.29 is 22.7 Å². The molecule has 6 heteroatoms. The van der Waals surface area contributed by atoms with Crippen molar-refractivity contribution in [2.24, 2.45) is 5.92 Å². The van der Waals surface area contributed by atoms with Crippen LogP contribution in [0.1, 0.15) is 19.8 Å². The molecule has 0 N–H and O–H groups in total. The lowest BCUT2D eigenvalue weighted by Gasteiger charge is -2.15. The maximum Gasteiger partial charge on any atom is 0.325 e. The van der Waals surface area contributed by atoms with Gasteiger partial charge in [0.05, 0.1) is 18.6 Å². The molecule has 2 rings (SSSR count). The van der Waals surface area contributed by atoms with Crippen molar-refractivity contribution in [2.45, 2.75) is 29.9 Å². The fourth-order valence-corrected chi connectivity index (χ4v) is 4.35. The Bertz CT molecular complexity index is 593. The Labute approximate surface area is 118 Å². The molecule has 0 radical (unpaired) electrons. The zero-order valence-electron chi connectivity index (χ0n) is 11.5. The number of cyclic esters (lactones) is 1. The first-order valence-corrected chi connectivity index (χ1v) is 8.10. The van der Waals surface area contributed by atoms with E-state index in [1.807, 2.05) is 6.92 Å². The van der Waals surface area contributed by atoms with Crippen LogP contribution in [0.15, 0.2) is 29.2 Å². The van der Waals surface area contributed by atoms with Crippen molar-refractivity contribution >= 4 is 15.8 Å². The number of carbonyl (C=O) groups excluding carboxylic acids is 1. The van der Waals surface area contributed by atoms with Crippen LogP contribution < -0.4 is 4.74 Å². The first-order valence-electron chi connectivity index (χ1n) is 6.55. The number of rotatable bonds is 5. The molecule has 0 amide bonds. The van der Waals surface area contributed by atoms with E-state index < -0.39 is 21.1 Å². The molecule has 0 bridgehead atoms. The minimum absolute atomic E-state index is 0.0989. The van der Waals surface area contributed by atoms with Gasteiger partial charge < -0.3 is 9.47 Å². The molecule has 0 spiro atoms. The van der Waals surface area contributed by atoms with E-state index in [1.165, 1.54) is 19.2 Å². The molecule has 0 saturated carbocycles. The molecule has 5 nitrogen and oxygen atoms in total. The Balaban J connectivity index is 2.39. The van der Waals surface area contributed by atoms with Gasteiger partial charge in [-0.1, -0.05) is 19.4 Å². The van der Waals surface area contributed by atoms with Crippen molar-refractivity contribution in [3.8, 4) is 5.75 Å². The van der Waals surface area contributed by atoms with Gasteiger partial charge in [-0.25, -0.2) is 8.42 Å². The number of hydrogen-bond donors (Lipinski definition) is 0. The van der Waals surface area contributed by atoms with Crippen LogP contribution in [0.2, 0.25) is 0 Å². The number of hydrogen-bond acceptors (Lipinski definition) is 5. The van der Waals surface area contributed by atoms with Gasteiger partial charge in [0.15, 0.2) is 15.1 Å². The fourth-order valence-electron chi connectivity index (χ4n) is 2.46. The Hall–Kier alpha value is -1.56. The predicted molar refractivity (Wildman–Crippen MR) is 73.3 cm³/mol. The number of ether oxygens (including phenoxy) is 2. The molecule has 1 heterocycles. The van der Waals surface area contributed by atoms with Gasteiger partial charge in [0.1, 0.15) is 5.75 Å². The van der Waals surface area contributed by atoms with Crippen molar-refractivity contribution in [3.05, 3.63) is 24.3 Å². The van der Waals surface area contributed by atoms with Crippen molar-refractivity contribution in [2.75, 3.05) is 13.7 Å². The van der Waals surface area contributed by atoms with E-state index in [0.29, 0.717) is 12.2 Å². The molecule has 1 aromatic carbocycles. The first kappa shape index (κ1) is 14.8. The minimum Gasteiger partial charge on any atom is -0.497 e. The van der Waals surface area contributed by atoms with Crippen LogP contribution in [0.4, 0.5) is 0 Å². The normalized spacial score (nSPS) is 22.6. The minimum atomic E-state index is -3.75. The van der Waals surface area contributed by atoms with Crippen LogP contribution in [-0.4, -0.2) is 33.4 Å². The van der Waals surface area contributed by atoms with Gasteiger partial charge in [0.2, 0.25) is 0 Å². The third kappa shape index (κ3) is 2.65. The maximum absolute atomic E-state index is 12.6. The highest BCUT2D eigenvalue weighted by Gasteiger charge is 2.46. The second-order valence-corrected chi connectivity index (χ2v) is 6.89. The molecule has 1 unspecified atom stereocenters. The van der Waals surface area contributed by atoms with Gasteiger partial charge >= 0.3 is 5.97 Å². The monoisotopic (exact) mass is 298 g/mol. The molecule has 1 saturated heterocycles. The van der Waals surface area contributed by atoms with E-state index in [9.17, 15) is 13.2 Å². The lowest BCUT2D eigenvalue weighted by atomic mass is 10.0. The summed E-state index contributed by atoms with van der Waals surface area (Å²) in [7, 11) is -2.28. The van der Waals surface area contributed by atoms with Crippen LogP contribution >= 0.6 is 0 Å². The lowest BCUT2D eigenvalue weighted by molar-refractivity contribution is -0.137. The SMILES string of the molecule is CCC[C@H]1COC(=O)C1S(=O)(=O)c1cccc(OC)c1. The van der Waals surface area contributed by atoms with Gasteiger partial charge in [0.25, 0.3) is 0 Å². The van der Waals surface area contributed by atoms with Gasteiger partial charge in [-0.3, -0.25) is 4.79 Å². The molecule has 2 atom stereocenters. The topological polar surface area (TPSA) is 69.7 Å². The van der Waals surface area contributed by atoms with Crippen LogP contribution in [0.5, 0.6) is 5.75 Å². The summed E-state index contributed by atoms with van der Waals surface area (Å²) < 4.78 is 35.3. The van der Waals surface area contributed by atoms with Gasteiger partial charge in [-0.15, -0.1) is 0 Å². The number of carbonyl (C=O) groups is 1. The Morgan fingerprint density at radius 2 is 2.15 bits per heavy atom. The van der Waals surface area contributed by atoms with E-state index in [0.717, 1.165) is 6.42 Å². The van der Waals surface area contributed by atoms with Crippen molar-refractivity contribution in [1.29, 1.82) is 0 Å². The average Bonchev–Trinajstić information content (AvgIpc) is 2.81. The summed E-state index contributed by atoms with van der Waals surface area (Å²) in [5.74, 6) is -0.473. The number of methoxy groups -OCH3 is 1. The van der Waals surface area contributed by atoms with Crippen LogP contribution in [0.3, 0.4) is 0 Å². The summed E-state index contributed by atoms with van der Waals surface area (Å²) in [5.41, 5.74) is 0. The maximum atomic E-state index is 12.6. The molecule has 110 valence electrons. The van der Waals surface area contributed by atoms with Crippen molar-refractivity contribution in [1.82, 2.24) is 0 Å². The second-order valence-electron chi connectivity index (χ2n) is 4.82. The van der Waals surface area contributed by atoms with Crippen molar-refractivity contribution in [3.63, 3.8) is 0 Å². The molecule has 0 aliphatic carbocycles. The number of benzene rings is 1. The third-order valence-electron chi connectivity index (χ3n) is 3.46. The average molecular weight is 298 g/mol. The lowest BCUT2D eigenvalue weighted by Crippen LogP contribution is -2.32. The summed E-state index contributed by atoms with van der Waals surface area (Å²) in [4.78, 5) is 11.9. The quantitative estimate of drug-likeness (QED) is 0.775. The van der Waals surface area contributed by atoms with Gasteiger partial charge in [0, 0.05) is 5.92 Å². The fraction of sp³-hybridized carbons (Fsp3) is 0.500. The molecule has 1 aliphatic rings. The van der Waals surface area contributed by atoms with E-state index in [4.69, 9.17) is 9.47 Å². The molecule has 1 aliphatic heterocycles.